The molecular weight excluding hydrogens is 207 g/mol. The van der Waals surface area contributed by atoms with E-state index in [0.717, 1.165) is 6.67 Å². The molecule has 0 saturated carbocycles. The first kappa shape index (κ1) is 13.6. The van der Waals surface area contributed by atoms with E-state index < -0.39 is 7.82 Å². The lowest BCUT2D eigenvalue weighted by atomic mass is 10.4. The second-order valence-corrected chi connectivity index (χ2v) is 4.10. The third-order valence-electron chi connectivity index (χ3n) is 1.53. The summed E-state index contributed by atoms with van der Waals surface area (Å²) in [6.07, 6.45) is 5.62. The molecular formula is C7H17N2O4P. The summed E-state index contributed by atoms with van der Waals surface area (Å²) in [5.74, 6) is 0. The van der Waals surface area contributed by atoms with Gasteiger partial charge in [0.1, 0.15) is 6.20 Å². The SMILES string of the molecule is CCCN1C=C[NH+](C)C1.O=P([O-])(O)O. The van der Waals surface area contributed by atoms with Crippen molar-refractivity contribution in [3.8, 4) is 0 Å². The van der Waals surface area contributed by atoms with E-state index in [-0.39, 0.29) is 0 Å². The van der Waals surface area contributed by atoms with Crippen LogP contribution in [0.2, 0.25) is 0 Å². The second-order valence-electron chi connectivity index (χ2n) is 3.12. The van der Waals surface area contributed by atoms with Gasteiger partial charge in [0.25, 0.3) is 7.82 Å². The number of rotatable bonds is 2. The molecule has 84 valence electrons. The van der Waals surface area contributed by atoms with E-state index in [1.807, 2.05) is 0 Å². The van der Waals surface area contributed by atoms with Gasteiger partial charge in [-0.2, -0.15) is 0 Å². The molecule has 1 atom stereocenters. The van der Waals surface area contributed by atoms with Crippen molar-refractivity contribution in [2.45, 2.75) is 13.3 Å². The van der Waals surface area contributed by atoms with Gasteiger partial charge in [-0.1, -0.05) is 6.92 Å². The van der Waals surface area contributed by atoms with Crippen molar-refractivity contribution in [1.29, 1.82) is 0 Å². The van der Waals surface area contributed by atoms with E-state index in [9.17, 15) is 0 Å². The summed E-state index contributed by atoms with van der Waals surface area (Å²) in [6.45, 7) is 4.56. The lowest BCUT2D eigenvalue weighted by Crippen LogP contribution is -3.03. The normalized spacial score (nSPS) is 20.6. The van der Waals surface area contributed by atoms with E-state index in [0.29, 0.717) is 0 Å². The minimum Gasteiger partial charge on any atom is -0.756 e. The Hall–Kier alpha value is -0.390. The lowest BCUT2D eigenvalue weighted by molar-refractivity contribution is -0.826. The smallest absolute Gasteiger partial charge is 0.262 e. The fourth-order valence-electron chi connectivity index (χ4n) is 1.10. The molecule has 0 spiro atoms. The number of quaternary nitrogens is 1. The van der Waals surface area contributed by atoms with E-state index in [4.69, 9.17) is 19.2 Å². The van der Waals surface area contributed by atoms with E-state index in [1.165, 1.54) is 17.9 Å². The van der Waals surface area contributed by atoms with E-state index in [2.05, 4.69) is 31.3 Å². The van der Waals surface area contributed by atoms with Gasteiger partial charge in [-0.15, -0.1) is 0 Å². The number of nitrogens with one attached hydrogen (secondary N) is 1. The van der Waals surface area contributed by atoms with Crippen LogP contribution >= 0.6 is 7.82 Å². The van der Waals surface area contributed by atoms with Crippen LogP contribution < -0.4 is 9.79 Å². The van der Waals surface area contributed by atoms with Crippen LogP contribution in [0.15, 0.2) is 12.4 Å². The van der Waals surface area contributed by atoms with Crippen molar-refractivity contribution in [1.82, 2.24) is 4.90 Å². The van der Waals surface area contributed by atoms with Crippen molar-refractivity contribution < 1.29 is 24.1 Å². The summed E-state index contributed by atoms with van der Waals surface area (Å²) >= 11 is 0. The van der Waals surface area contributed by atoms with Gasteiger partial charge in [0.2, 0.25) is 0 Å². The molecule has 0 aromatic carbocycles. The highest BCUT2D eigenvalue weighted by Gasteiger charge is 2.09. The maximum Gasteiger partial charge on any atom is 0.262 e. The predicted molar refractivity (Wildman–Crippen MR) is 49.9 cm³/mol. The Kier molecular flexibility index (Phi) is 5.99. The molecule has 0 aromatic rings. The van der Waals surface area contributed by atoms with Crippen LogP contribution in [0, 0.1) is 0 Å². The molecule has 6 nitrogen and oxygen atoms in total. The van der Waals surface area contributed by atoms with Crippen molar-refractivity contribution in [3.63, 3.8) is 0 Å². The molecule has 0 bridgehead atoms. The van der Waals surface area contributed by atoms with Gasteiger partial charge in [-0.3, -0.25) is 9.46 Å². The van der Waals surface area contributed by atoms with Crippen molar-refractivity contribution in [3.05, 3.63) is 12.4 Å². The zero-order valence-corrected chi connectivity index (χ0v) is 9.28. The Labute approximate surface area is 83.7 Å². The largest absolute Gasteiger partial charge is 0.756 e. The number of phosphoric acid groups is 1. The molecule has 1 heterocycles. The average molecular weight is 224 g/mol. The van der Waals surface area contributed by atoms with Crippen LogP contribution in [0.4, 0.5) is 0 Å². The first-order chi connectivity index (χ1) is 6.33. The van der Waals surface area contributed by atoms with Gasteiger partial charge in [-0.25, -0.2) is 0 Å². The Morgan fingerprint density at radius 1 is 1.64 bits per heavy atom. The van der Waals surface area contributed by atoms with E-state index >= 15 is 0 Å². The summed E-state index contributed by atoms with van der Waals surface area (Å²) in [5.41, 5.74) is 0. The van der Waals surface area contributed by atoms with Crippen LogP contribution in [-0.4, -0.2) is 34.9 Å². The molecule has 1 aliphatic rings. The molecule has 1 unspecified atom stereocenters. The highest BCUT2D eigenvalue weighted by atomic mass is 31.2. The van der Waals surface area contributed by atoms with Gasteiger partial charge in [-0.05, 0) is 6.42 Å². The lowest BCUT2D eigenvalue weighted by Gasteiger charge is -2.12. The molecule has 0 radical (unpaired) electrons. The molecule has 1 aliphatic heterocycles. The highest BCUT2D eigenvalue weighted by Crippen LogP contribution is 2.18. The van der Waals surface area contributed by atoms with Crippen molar-refractivity contribution >= 4 is 7.82 Å². The van der Waals surface area contributed by atoms with Crippen LogP contribution in [0.1, 0.15) is 13.3 Å². The minimum absolute atomic E-state index is 1.15. The third kappa shape index (κ3) is 9.70. The zero-order chi connectivity index (χ0) is 11.2. The first-order valence-corrected chi connectivity index (χ1v) is 5.87. The van der Waals surface area contributed by atoms with Crippen molar-refractivity contribution in [2.75, 3.05) is 20.3 Å². The number of hydrogen-bond acceptors (Lipinski definition) is 3. The first-order valence-electron chi connectivity index (χ1n) is 4.34. The molecule has 0 amide bonds. The van der Waals surface area contributed by atoms with Gasteiger partial charge < -0.3 is 19.6 Å². The van der Waals surface area contributed by atoms with Gasteiger partial charge >= 0.3 is 0 Å². The maximum absolute atomic E-state index is 8.77. The van der Waals surface area contributed by atoms with Crippen LogP contribution in [-0.2, 0) is 4.57 Å². The molecule has 0 aromatic heterocycles. The molecule has 0 fully saturated rings. The van der Waals surface area contributed by atoms with Crippen LogP contribution in [0.3, 0.4) is 0 Å². The predicted octanol–water partition coefficient (Wildman–Crippen LogP) is -1.91. The summed E-state index contributed by atoms with van der Waals surface area (Å²) in [7, 11) is -2.72. The molecule has 7 heteroatoms. The molecule has 14 heavy (non-hydrogen) atoms. The Morgan fingerprint density at radius 2 is 2.14 bits per heavy atom. The van der Waals surface area contributed by atoms with Gasteiger partial charge in [0, 0.05) is 6.54 Å². The second kappa shape index (κ2) is 6.16. The molecule has 0 saturated heterocycles. The molecule has 0 aliphatic carbocycles. The van der Waals surface area contributed by atoms with Crippen LogP contribution in [0.5, 0.6) is 0 Å². The molecule has 3 N–H and O–H groups in total. The maximum atomic E-state index is 8.77. The zero-order valence-electron chi connectivity index (χ0n) is 8.38. The minimum atomic E-state index is -4.89. The Balaban J connectivity index is 0.000000292. The third-order valence-corrected chi connectivity index (χ3v) is 1.53. The fourth-order valence-corrected chi connectivity index (χ4v) is 1.10. The standard InChI is InChI=1S/C7H14N2.H3O4P/c1-3-4-9-6-5-8(2)7-9;1-5(2,3)4/h5-6H,3-4,7H2,1-2H3;(H3,1,2,3,4). The summed E-state index contributed by atoms with van der Waals surface area (Å²) < 4.78 is 8.77. The fraction of sp³-hybridized carbons (Fsp3) is 0.714. The van der Waals surface area contributed by atoms with Crippen molar-refractivity contribution in [2.24, 2.45) is 0 Å². The number of hydrogen-bond donors (Lipinski definition) is 3. The Bertz CT molecular complexity index is 219. The highest BCUT2D eigenvalue weighted by molar-refractivity contribution is 7.43. The summed E-state index contributed by atoms with van der Waals surface area (Å²) in [5, 5.41) is 0. The van der Waals surface area contributed by atoms with E-state index in [1.54, 1.807) is 0 Å². The monoisotopic (exact) mass is 224 g/mol. The topological polar surface area (TPSA) is 88.3 Å². The van der Waals surface area contributed by atoms with Gasteiger partial charge in [0.05, 0.1) is 13.2 Å². The molecule has 1 rings (SSSR count). The number of nitrogens with zero attached hydrogens (tertiary/aromatic N) is 1. The average Bonchev–Trinajstić information content (AvgIpc) is 2.32. The van der Waals surface area contributed by atoms with Crippen LogP contribution in [0.25, 0.3) is 0 Å². The Morgan fingerprint density at radius 3 is 2.43 bits per heavy atom. The van der Waals surface area contributed by atoms with Gasteiger partial charge in [0.15, 0.2) is 6.67 Å². The summed E-state index contributed by atoms with van der Waals surface area (Å²) in [4.78, 5) is 26.7. The quantitative estimate of drug-likeness (QED) is 0.477. The summed E-state index contributed by atoms with van der Waals surface area (Å²) in [6, 6.07) is 0.